The molecule has 1 aliphatic heterocycles. The van der Waals surface area contributed by atoms with Crippen LogP contribution in [0.2, 0.25) is 0 Å². The quantitative estimate of drug-likeness (QED) is 0.723. The van der Waals surface area contributed by atoms with Crippen LogP contribution in [0.15, 0.2) is 24.5 Å². The number of hydrogen-bond donors (Lipinski definition) is 3. The van der Waals surface area contributed by atoms with Crippen molar-refractivity contribution in [3.05, 3.63) is 24.5 Å². The summed E-state index contributed by atoms with van der Waals surface area (Å²) in [5.74, 6) is 0.435. The molecule has 0 saturated carbocycles. The van der Waals surface area contributed by atoms with Crippen molar-refractivity contribution >= 4 is 30.7 Å². The van der Waals surface area contributed by atoms with Crippen LogP contribution in [-0.2, 0) is 4.79 Å². The first-order chi connectivity index (χ1) is 9.16. The minimum atomic E-state index is -0.587. The molecule has 21 heavy (non-hydrogen) atoms. The number of aromatic nitrogens is 1. The highest BCUT2D eigenvalue weighted by Gasteiger charge is 2.26. The summed E-state index contributed by atoms with van der Waals surface area (Å²) in [5, 5.41) is 15.5. The third kappa shape index (κ3) is 6.05. The molecule has 6 nitrogen and oxygen atoms in total. The molecular weight excluding hydrogens is 317 g/mol. The number of aliphatic hydroxyl groups excluding tert-OH is 1. The maximum Gasteiger partial charge on any atom is 0.260 e. The van der Waals surface area contributed by atoms with Gasteiger partial charge in [-0.15, -0.1) is 24.8 Å². The number of carbonyl (C=O) groups is 1. The van der Waals surface area contributed by atoms with Gasteiger partial charge in [0.1, 0.15) is 5.75 Å². The fraction of sp³-hybridized carbons (Fsp3) is 0.538. The van der Waals surface area contributed by atoms with Gasteiger partial charge in [-0.3, -0.25) is 9.78 Å². The Balaban J connectivity index is 0.00000200. The lowest BCUT2D eigenvalue weighted by molar-refractivity contribution is -0.127. The maximum atomic E-state index is 11.9. The van der Waals surface area contributed by atoms with Crippen molar-refractivity contribution in [2.45, 2.75) is 19.1 Å². The zero-order chi connectivity index (χ0) is 13.7. The Hall–Kier alpha value is -1.08. The highest BCUT2D eigenvalue weighted by Crippen LogP contribution is 2.10. The van der Waals surface area contributed by atoms with Crippen LogP contribution < -0.4 is 15.4 Å². The summed E-state index contributed by atoms with van der Waals surface area (Å²) in [5.41, 5.74) is 0. The molecule has 0 aliphatic carbocycles. The van der Waals surface area contributed by atoms with Crippen molar-refractivity contribution in [3.8, 4) is 5.75 Å². The van der Waals surface area contributed by atoms with Crippen LogP contribution in [0.5, 0.6) is 5.75 Å². The number of aliphatic hydroxyl groups is 1. The first kappa shape index (κ1) is 19.9. The normalized spacial score (nSPS) is 21.6. The summed E-state index contributed by atoms with van der Waals surface area (Å²) in [6.07, 6.45) is 2.23. The Morgan fingerprint density at radius 3 is 2.90 bits per heavy atom. The van der Waals surface area contributed by atoms with Gasteiger partial charge in [0.05, 0.1) is 12.3 Å². The lowest BCUT2D eigenvalue weighted by Gasteiger charge is -2.17. The van der Waals surface area contributed by atoms with Crippen LogP contribution in [-0.4, -0.2) is 47.8 Å². The smallest absolute Gasteiger partial charge is 0.260 e. The summed E-state index contributed by atoms with van der Waals surface area (Å²) < 4.78 is 5.47. The van der Waals surface area contributed by atoms with Gasteiger partial charge in [-0.25, -0.2) is 0 Å². The molecule has 3 unspecified atom stereocenters. The standard InChI is InChI=1S/C13H19N3O3.2ClH/c1-9(19-11-3-2-4-14-7-11)13(18)16-6-10-5-15-8-12(10)17;;/h2-4,7,9-10,12,15,17H,5-6,8H2,1H3,(H,16,18);2*1H. The summed E-state index contributed by atoms with van der Waals surface area (Å²) in [7, 11) is 0. The van der Waals surface area contributed by atoms with Crippen LogP contribution >= 0.6 is 24.8 Å². The van der Waals surface area contributed by atoms with Gasteiger partial charge in [0.25, 0.3) is 5.91 Å². The van der Waals surface area contributed by atoms with Gasteiger partial charge in [0.15, 0.2) is 6.10 Å². The van der Waals surface area contributed by atoms with Crippen LogP contribution in [0, 0.1) is 5.92 Å². The first-order valence-corrected chi connectivity index (χ1v) is 6.40. The van der Waals surface area contributed by atoms with E-state index < -0.39 is 12.2 Å². The Labute approximate surface area is 136 Å². The zero-order valence-corrected chi connectivity index (χ0v) is 13.3. The molecule has 0 aromatic carbocycles. The summed E-state index contributed by atoms with van der Waals surface area (Å²) >= 11 is 0. The lowest BCUT2D eigenvalue weighted by atomic mass is 10.1. The highest BCUT2D eigenvalue weighted by atomic mass is 35.5. The predicted molar refractivity (Wildman–Crippen MR) is 84.2 cm³/mol. The molecule has 1 aromatic rings. The number of halogens is 2. The minimum Gasteiger partial charge on any atom is -0.479 e. The number of pyridine rings is 1. The molecule has 0 spiro atoms. The number of ether oxygens (including phenoxy) is 1. The van der Waals surface area contributed by atoms with Gasteiger partial charge in [0, 0.05) is 31.7 Å². The second kappa shape index (κ2) is 9.78. The van der Waals surface area contributed by atoms with E-state index in [-0.39, 0.29) is 36.6 Å². The fourth-order valence-electron chi connectivity index (χ4n) is 1.98. The van der Waals surface area contributed by atoms with Gasteiger partial charge < -0.3 is 20.5 Å². The second-order valence-electron chi connectivity index (χ2n) is 4.68. The number of nitrogens with one attached hydrogen (secondary N) is 2. The molecule has 0 bridgehead atoms. The fourth-order valence-corrected chi connectivity index (χ4v) is 1.98. The molecule has 120 valence electrons. The van der Waals surface area contributed by atoms with Crippen LogP contribution in [0.4, 0.5) is 0 Å². The Kier molecular flexibility index (Phi) is 9.28. The SMILES string of the molecule is CC(Oc1cccnc1)C(=O)NCC1CNCC1O.Cl.Cl. The highest BCUT2D eigenvalue weighted by molar-refractivity contribution is 5.85. The van der Waals surface area contributed by atoms with E-state index in [0.717, 1.165) is 6.54 Å². The molecule has 2 rings (SSSR count). The Morgan fingerprint density at radius 2 is 2.33 bits per heavy atom. The molecule has 0 radical (unpaired) electrons. The van der Waals surface area contributed by atoms with Gasteiger partial charge in [-0.2, -0.15) is 0 Å². The summed E-state index contributed by atoms with van der Waals surface area (Å²) in [6.45, 7) is 3.45. The molecule has 1 saturated heterocycles. The van der Waals surface area contributed by atoms with E-state index in [4.69, 9.17) is 4.74 Å². The van der Waals surface area contributed by atoms with Crippen molar-refractivity contribution in [3.63, 3.8) is 0 Å². The van der Waals surface area contributed by atoms with E-state index in [1.807, 2.05) is 0 Å². The predicted octanol–water partition coefficient (Wildman–Crippen LogP) is 0.389. The molecule has 3 N–H and O–H groups in total. The molecule has 1 aromatic heterocycles. The number of β-amino-alcohol motifs (C(OH)–C–C–N with tert-alkyl or cyclic N) is 1. The van der Waals surface area contributed by atoms with Crippen molar-refractivity contribution < 1.29 is 14.6 Å². The number of rotatable bonds is 5. The lowest BCUT2D eigenvalue weighted by Crippen LogP contribution is -2.41. The van der Waals surface area contributed by atoms with E-state index >= 15 is 0 Å². The van der Waals surface area contributed by atoms with Crippen molar-refractivity contribution in [2.75, 3.05) is 19.6 Å². The van der Waals surface area contributed by atoms with E-state index in [2.05, 4.69) is 15.6 Å². The zero-order valence-electron chi connectivity index (χ0n) is 11.7. The molecular formula is C13H21Cl2N3O3. The van der Waals surface area contributed by atoms with Gasteiger partial charge in [-0.1, -0.05) is 0 Å². The van der Waals surface area contributed by atoms with Crippen molar-refractivity contribution in [1.29, 1.82) is 0 Å². The minimum absolute atomic E-state index is 0. The first-order valence-electron chi connectivity index (χ1n) is 6.40. The summed E-state index contributed by atoms with van der Waals surface area (Å²) in [6, 6.07) is 3.50. The van der Waals surface area contributed by atoms with Crippen molar-refractivity contribution in [2.24, 2.45) is 5.92 Å². The topological polar surface area (TPSA) is 83.5 Å². The van der Waals surface area contributed by atoms with E-state index in [0.29, 0.717) is 18.8 Å². The van der Waals surface area contributed by atoms with E-state index in [1.165, 1.54) is 0 Å². The molecule has 3 atom stereocenters. The van der Waals surface area contributed by atoms with Gasteiger partial charge >= 0.3 is 0 Å². The molecule has 8 heteroatoms. The Morgan fingerprint density at radius 1 is 1.57 bits per heavy atom. The molecule has 1 fully saturated rings. The monoisotopic (exact) mass is 337 g/mol. The molecule has 2 heterocycles. The van der Waals surface area contributed by atoms with Crippen molar-refractivity contribution in [1.82, 2.24) is 15.6 Å². The Bertz CT molecular complexity index is 422. The number of nitrogens with zero attached hydrogens (tertiary/aromatic N) is 1. The van der Waals surface area contributed by atoms with Crippen LogP contribution in [0.25, 0.3) is 0 Å². The number of amides is 1. The van der Waals surface area contributed by atoms with Crippen LogP contribution in [0.3, 0.4) is 0 Å². The molecule has 1 amide bonds. The van der Waals surface area contributed by atoms with Gasteiger partial charge in [-0.05, 0) is 19.1 Å². The average Bonchev–Trinajstić information content (AvgIpc) is 2.82. The van der Waals surface area contributed by atoms with E-state index in [9.17, 15) is 9.90 Å². The summed E-state index contributed by atoms with van der Waals surface area (Å²) in [4.78, 5) is 15.8. The van der Waals surface area contributed by atoms with E-state index in [1.54, 1.807) is 31.5 Å². The third-order valence-corrected chi connectivity index (χ3v) is 3.16. The van der Waals surface area contributed by atoms with Crippen LogP contribution in [0.1, 0.15) is 6.92 Å². The number of carbonyl (C=O) groups excluding carboxylic acids is 1. The second-order valence-corrected chi connectivity index (χ2v) is 4.68. The molecule has 1 aliphatic rings. The largest absolute Gasteiger partial charge is 0.479 e. The third-order valence-electron chi connectivity index (χ3n) is 3.16. The van der Waals surface area contributed by atoms with Gasteiger partial charge in [0.2, 0.25) is 0 Å². The average molecular weight is 338 g/mol. The number of hydrogen-bond acceptors (Lipinski definition) is 5. The maximum absolute atomic E-state index is 11.9.